The molecule has 0 saturated carbocycles. The maximum atomic E-state index is 12.8. The maximum Gasteiger partial charge on any atom is 0.347 e. The van der Waals surface area contributed by atoms with Gasteiger partial charge in [-0.15, -0.1) is 0 Å². The van der Waals surface area contributed by atoms with Crippen LogP contribution in [0.1, 0.15) is 201 Å². The number of esters is 2. The van der Waals surface area contributed by atoms with Crippen molar-refractivity contribution in [3.8, 4) is 0 Å². The zero-order valence-corrected chi connectivity index (χ0v) is 27.7. The summed E-state index contributed by atoms with van der Waals surface area (Å²) < 4.78 is 11.1. The molecule has 0 rings (SSSR count). The van der Waals surface area contributed by atoms with E-state index in [9.17, 15) is 14.7 Å². The van der Waals surface area contributed by atoms with Crippen molar-refractivity contribution < 1.29 is 24.2 Å². The van der Waals surface area contributed by atoms with Gasteiger partial charge in [-0.05, 0) is 25.7 Å². The summed E-state index contributed by atoms with van der Waals surface area (Å²) in [4.78, 5) is 25.4. The van der Waals surface area contributed by atoms with Crippen LogP contribution < -0.4 is 0 Å². The number of aliphatic hydroxyl groups excluding tert-OH is 1. The first-order valence-electron chi connectivity index (χ1n) is 18.1. The first kappa shape index (κ1) is 39.9. The molecule has 0 bridgehead atoms. The van der Waals surface area contributed by atoms with E-state index in [4.69, 9.17) is 9.47 Å². The zero-order valence-electron chi connectivity index (χ0n) is 27.7. The molecule has 0 spiro atoms. The monoisotopic (exact) mass is 583 g/mol. The third-order valence-electron chi connectivity index (χ3n) is 8.19. The Bertz CT molecular complexity index is 564. The SMILES string of the molecule is CCCCCCCCCCCCOC(=O)C(CCCCCCCCCC)OC(=O)C(O)CCCCCCCCCC. The fourth-order valence-corrected chi connectivity index (χ4v) is 5.35. The Balaban J connectivity index is 4.34. The number of ether oxygens (including phenoxy) is 2. The summed E-state index contributed by atoms with van der Waals surface area (Å²) in [6, 6.07) is 0. The number of aliphatic hydroxyl groups is 1. The third kappa shape index (κ3) is 27.5. The lowest BCUT2D eigenvalue weighted by Crippen LogP contribution is -2.34. The molecule has 41 heavy (non-hydrogen) atoms. The van der Waals surface area contributed by atoms with Crippen LogP contribution in [0.4, 0.5) is 0 Å². The second kappa shape index (κ2) is 31.8. The summed E-state index contributed by atoms with van der Waals surface area (Å²) in [6.07, 6.45) is 29.7. The van der Waals surface area contributed by atoms with E-state index in [1.807, 2.05) is 0 Å². The summed E-state index contributed by atoms with van der Waals surface area (Å²) in [5.41, 5.74) is 0. The topological polar surface area (TPSA) is 72.8 Å². The lowest BCUT2D eigenvalue weighted by atomic mass is 10.0. The molecular formula is C36H70O5. The number of carbonyl (C=O) groups excluding carboxylic acids is 2. The highest BCUT2D eigenvalue weighted by molar-refractivity contribution is 5.81. The predicted octanol–water partition coefficient (Wildman–Crippen LogP) is 10.8. The molecule has 1 N–H and O–H groups in total. The Morgan fingerprint density at radius 2 is 0.805 bits per heavy atom. The second-order valence-corrected chi connectivity index (χ2v) is 12.3. The van der Waals surface area contributed by atoms with Crippen LogP contribution >= 0.6 is 0 Å². The zero-order chi connectivity index (χ0) is 30.2. The van der Waals surface area contributed by atoms with Crippen molar-refractivity contribution in [3.05, 3.63) is 0 Å². The summed E-state index contributed by atoms with van der Waals surface area (Å²) >= 11 is 0. The van der Waals surface area contributed by atoms with Crippen molar-refractivity contribution >= 4 is 11.9 Å². The Labute approximate surface area is 255 Å². The molecule has 0 aliphatic carbocycles. The standard InChI is InChI=1S/C36H70O5/c1-4-7-10-13-16-19-20-23-26-29-32-40-36(39)34(31-28-25-22-18-15-12-9-6-3)41-35(38)33(37)30-27-24-21-17-14-11-8-5-2/h33-34,37H,4-32H2,1-3H3. The van der Waals surface area contributed by atoms with E-state index in [1.165, 1.54) is 116 Å². The molecule has 5 nitrogen and oxygen atoms in total. The predicted molar refractivity (Wildman–Crippen MR) is 173 cm³/mol. The van der Waals surface area contributed by atoms with Crippen molar-refractivity contribution in [1.82, 2.24) is 0 Å². The molecule has 0 heterocycles. The Kier molecular flexibility index (Phi) is 31.0. The van der Waals surface area contributed by atoms with Gasteiger partial charge in [-0.2, -0.15) is 0 Å². The molecule has 0 radical (unpaired) electrons. The van der Waals surface area contributed by atoms with E-state index in [2.05, 4.69) is 20.8 Å². The number of carbonyl (C=O) groups is 2. The molecule has 0 aliphatic heterocycles. The Morgan fingerprint density at radius 3 is 1.22 bits per heavy atom. The van der Waals surface area contributed by atoms with Gasteiger partial charge in [0.2, 0.25) is 0 Å². The molecule has 0 aromatic carbocycles. The molecule has 0 aromatic heterocycles. The molecule has 0 amide bonds. The fourth-order valence-electron chi connectivity index (χ4n) is 5.35. The van der Waals surface area contributed by atoms with E-state index in [0.29, 0.717) is 19.4 Å². The first-order chi connectivity index (χ1) is 20.1. The molecule has 0 fully saturated rings. The first-order valence-corrected chi connectivity index (χ1v) is 18.1. The fraction of sp³-hybridized carbons (Fsp3) is 0.944. The van der Waals surface area contributed by atoms with E-state index in [-0.39, 0.29) is 0 Å². The van der Waals surface area contributed by atoms with Crippen LogP contribution in [0.15, 0.2) is 0 Å². The Hall–Kier alpha value is -1.10. The molecule has 2 atom stereocenters. The highest BCUT2D eigenvalue weighted by Crippen LogP contribution is 2.16. The Morgan fingerprint density at radius 1 is 0.463 bits per heavy atom. The summed E-state index contributed by atoms with van der Waals surface area (Å²) in [5, 5.41) is 10.4. The van der Waals surface area contributed by atoms with Gasteiger partial charge >= 0.3 is 11.9 Å². The van der Waals surface area contributed by atoms with Crippen LogP contribution in [0.3, 0.4) is 0 Å². The normalized spacial score (nSPS) is 12.8. The van der Waals surface area contributed by atoms with E-state index >= 15 is 0 Å². The minimum absolute atomic E-state index is 0.377. The van der Waals surface area contributed by atoms with Gasteiger partial charge in [0, 0.05) is 0 Å². The van der Waals surface area contributed by atoms with Crippen molar-refractivity contribution in [2.45, 2.75) is 213 Å². The lowest BCUT2D eigenvalue weighted by Gasteiger charge is -2.19. The van der Waals surface area contributed by atoms with Gasteiger partial charge in [-0.1, -0.05) is 175 Å². The summed E-state index contributed by atoms with van der Waals surface area (Å²) in [5.74, 6) is -1.12. The quantitative estimate of drug-likeness (QED) is 0.0631. The molecule has 0 saturated heterocycles. The third-order valence-corrected chi connectivity index (χ3v) is 8.19. The van der Waals surface area contributed by atoms with Crippen LogP contribution in [-0.2, 0) is 19.1 Å². The van der Waals surface area contributed by atoms with Gasteiger partial charge in [0.1, 0.15) is 0 Å². The second-order valence-electron chi connectivity index (χ2n) is 12.3. The van der Waals surface area contributed by atoms with E-state index in [0.717, 1.165) is 51.4 Å². The molecule has 0 aliphatic rings. The van der Waals surface area contributed by atoms with E-state index in [1.54, 1.807) is 0 Å². The van der Waals surface area contributed by atoms with Crippen LogP contribution in [0.25, 0.3) is 0 Å². The maximum absolute atomic E-state index is 12.8. The van der Waals surface area contributed by atoms with Gasteiger partial charge < -0.3 is 14.6 Å². The van der Waals surface area contributed by atoms with Crippen LogP contribution in [-0.4, -0.2) is 35.9 Å². The molecule has 2 unspecified atom stereocenters. The largest absolute Gasteiger partial charge is 0.463 e. The lowest BCUT2D eigenvalue weighted by molar-refractivity contribution is -0.174. The van der Waals surface area contributed by atoms with Crippen LogP contribution in [0, 0.1) is 0 Å². The van der Waals surface area contributed by atoms with Crippen molar-refractivity contribution in [1.29, 1.82) is 0 Å². The van der Waals surface area contributed by atoms with Gasteiger partial charge in [0.15, 0.2) is 12.2 Å². The smallest absolute Gasteiger partial charge is 0.347 e. The van der Waals surface area contributed by atoms with Gasteiger partial charge in [0.05, 0.1) is 6.61 Å². The van der Waals surface area contributed by atoms with Gasteiger partial charge in [-0.25, -0.2) is 9.59 Å². The number of rotatable bonds is 32. The minimum atomic E-state index is -1.16. The minimum Gasteiger partial charge on any atom is -0.463 e. The summed E-state index contributed by atoms with van der Waals surface area (Å²) in [7, 11) is 0. The highest BCUT2D eigenvalue weighted by Gasteiger charge is 2.27. The van der Waals surface area contributed by atoms with Gasteiger partial charge in [-0.3, -0.25) is 0 Å². The average Bonchev–Trinajstić information content (AvgIpc) is 2.97. The molecule has 0 aromatic rings. The molecular weight excluding hydrogens is 512 g/mol. The number of hydrogen-bond acceptors (Lipinski definition) is 5. The molecule has 244 valence electrons. The highest BCUT2D eigenvalue weighted by atomic mass is 16.6. The number of unbranched alkanes of at least 4 members (excludes halogenated alkanes) is 23. The van der Waals surface area contributed by atoms with Crippen molar-refractivity contribution in [2.24, 2.45) is 0 Å². The summed E-state index contributed by atoms with van der Waals surface area (Å²) in [6.45, 7) is 7.07. The van der Waals surface area contributed by atoms with Crippen LogP contribution in [0.2, 0.25) is 0 Å². The van der Waals surface area contributed by atoms with Crippen molar-refractivity contribution in [3.63, 3.8) is 0 Å². The van der Waals surface area contributed by atoms with Gasteiger partial charge in [0.25, 0.3) is 0 Å². The average molecular weight is 583 g/mol. The van der Waals surface area contributed by atoms with Crippen LogP contribution in [0.5, 0.6) is 0 Å². The molecule has 5 heteroatoms. The van der Waals surface area contributed by atoms with E-state index < -0.39 is 24.1 Å². The van der Waals surface area contributed by atoms with Crippen molar-refractivity contribution in [2.75, 3.05) is 6.61 Å². The number of hydrogen-bond donors (Lipinski definition) is 1.